The minimum Gasteiger partial charge on any atom is -0.382 e. The first-order valence-electron chi connectivity index (χ1n) is 7.83. The summed E-state index contributed by atoms with van der Waals surface area (Å²) in [4.78, 5) is 4.05. The third-order valence-corrected chi connectivity index (χ3v) is 3.73. The SMILES string of the molecule is CN=C(NC)NCCCc1nn(-c2ccc(C)cc2)c(N)c1C#N.I. The lowest BCUT2D eigenvalue weighted by molar-refractivity contribution is 0.731. The van der Waals surface area contributed by atoms with E-state index in [0.29, 0.717) is 17.8 Å². The minimum atomic E-state index is 0. The Morgan fingerprint density at radius 3 is 2.60 bits per heavy atom. The highest BCUT2D eigenvalue weighted by atomic mass is 127. The van der Waals surface area contributed by atoms with Crippen LogP contribution in [0, 0.1) is 18.3 Å². The molecule has 8 heteroatoms. The van der Waals surface area contributed by atoms with Crippen LogP contribution in [0.3, 0.4) is 0 Å². The number of nitrogen functional groups attached to an aromatic ring is 1. The topological polar surface area (TPSA) is 104 Å². The zero-order valence-electron chi connectivity index (χ0n) is 14.7. The third-order valence-electron chi connectivity index (χ3n) is 3.73. The number of benzene rings is 1. The summed E-state index contributed by atoms with van der Waals surface area (Å²) in [6.45, 7) is 2.75. The van der Waals surface area contributed by atoms with E-state index in [1.165, 1.54) is 0 Å². The number of rotatable bonds is 5. The molecule has 2 rings (SSSR count). The van der Waals surface area contributed by atoms with Crippen LogP contribution in [0.25, 0.3) is 5.69 Å². The first-order valence-corrected chi connectivity index (χ1v) is 7.83. The average molecular weight is 453 g/mol. The first kappa shape index (κ1) is 20.8. The predicted octanol–water partition coefficient (Wildman–Crippen LogP) is 1.98. The van der Waals surface area contributed by atoms with Gasteiger partial charge in [0.15, 0.2) is 5.96 Å². The van der Waals surface area contributed by atoms with Gasteiger partial charge in [0.05, 0.1) is 11.4 Å². The van der Waals surface area contributed by atoms with Gasteiger partial charge >= 0.3 is 0 Å². The Morgan fingerprint density at radius 1 is 1.36 bits per heavy atom. The van der Waals surface area contributed by atoms with Crippen molar-refractivity contribution in [2.24, 2.45) is 4.99 Å². The van der Waals surface area contributed by atoms with Gasteiger partial charge in [-0.25, -0.2) is 4.68 Å². The molecule has 0 saturated heterocycles. The molecular weight excluding hydrogens is 429 g/mol. The smallest absolute Gasteiger partial charge is 0.190 e. The molecule has 1 aromatic carbocycles. The van der Waals surface area contributed by atoms with E-state index < -0.39 is 0 Å². The molecule has 1 heterocycles. The lowest BCUT2D eigenvalue weighted by Crippen LogP contribution is -2.35. The second-order valence-electron chi connectivity index (χ2n) is 5.42. The Labute approximate surface area is 165 Å². The van der Waals surface area contributed by atoms with Crippen molar-refractivity contribution in [3.63, 3.8) is 0 Å². The Hall–Kier alpha value is -2.28. The molecule has 134 valence electrons. The number of anilines is 1. The molecule has 25 heavy (non-hydrogen) atoms. The highest BCUT2D eigenvalue weighted by Gasteiger charge is 2.16. The third kappa shape index (κ3) is 5.09. The van der Waals surface area contributed by atoms with Crippen molar-refractivity contribution in [3.05, 3.63) is 41.1 Å². The molecule has 0 radical (unpaired) electrons. The van der Waals surface area contributed by atoms with Crippen molar-refractivity contribution < 1.29 is 0 Å². The van der Waals surface area contributed by atoms with E-state index in [9.17, 15) is 5.26 Å². The predicted molar refractivity (Wildman–Crippen MR) is 112 cm³/mol. The maximum absolute atomic E-state index is 9.40. The highest BCUT2D eigenvalue weighted by molar-refractivity contribution is 14.0. The van der Waals surface area contributed by atoms with Gasteiger partial charge in [-0.15, -0.1) is 24.0 Å². The molecule has 0 amide bonds. The van der Waals surface area contributed by atoms with Gasteiger partial charge in [-0.2, -0.15) is 10.4 Å². The van der Waals surface area contributed by atoms with Crippen molar-refractivity contribution in [2.75, 3.05) is 26.4 Å². The van der Waals surface area contributed by atoms with Gasteiger partial charge in [0.2, 0.25) is 0 Å². The van der Waals surface area contributed by atoms with Gasteiger partial charge in [0, 0.05) is 20.6 Å². The molecule has 7 nitrogen and oxygen atoms in total. The summed E-state index contributed by atoms with van der Waals surface area (Å²) in [6.07, 6.45) is 1.49. The molecular formula is C17H24IN7. The Kier molecular flexibility index (Phi) is 8.21. The number of guanidine groups is 1. The monoisotopic (exact) mass is 453 g/mol. The zero-order valence-corrected chi connectivity index (χ0v) is 17.0. The number of aromatic nitrogens is 2. The average Bonchev–Trinajstić information content (AvgIpc) is 2.91. The summed E-state index contributed by atoms with van der Waals surface area (Å²) >= 11 is 0. The van der Waals surface area contributed by atoms with Crippen molar-refractivity contribution in [3.8, 4) is 11.8 Å². The molecule has 0 aliphatic heterocycles. The largest absolute Gasteiger partial charge is 0.382 e. The van der Waals surface area contributed by atoms with Gasteiger partial charge < -0.3 is 16.4 Å². The molecule has 0 bridgehead atoms. The summed E-state index contributed by atoms with van der Waals surface area (Å²) in [5.41, 5.74) is 9.30. The molecule has 4 N–H and O–H groups in total. The molecule has 0 aliphatic carbocycles. The summed E-state index contributed by atoms with van der Waals surface area (Å²) in [5.74, 6) is 1.12. The highest BCUT2D eigenvalue weighted by Crippen LogP contribution is 2.21. The van der Waals surface area contributed by atoms with Crippen molar-refractivity contribution in [1.82, 2.24) is 20.4 Å². The fraction of sp³-hybridized carbons (Fsp3) is 0.353. The fourth-order valence-corrected chi connectivity index (χ4v) is 2.40. The summed E-state index contributed by atoms with van der Waals surface area (Å²) in [6, 6.07) is 10.1. The maximum Gasteiger partial charge on any atom is 0.190 e. The van der Waals surface area contributed by atoms with Crippen LogP contribution in [0.15, 0.2) is 29.3 Å². The first-order chi connectivity index (χ1) is 11.6. The molecule has 0 atom stereocenters. The van der Waals surface area contributed by atoms with Crippen LogP contribution in [-0.4, -0.2) is 36.4 Å². The second-order valence-corrected chi connectivity index (χ2v) is 5.42. The number of nitrogens with one attached hydrogen (secondary N) is 2. The Morgan fingerprint density at radius 2 is 2.04 bits per heavy atom. The number of halogens is 1. The van der Waals surface area contributed by atoms with Crippen molar-refractivity contribution in [1.29, 1.82) is 5.26 Å². The van der Waals surface area contributed by atoms with E-state index in [2.05, 4.69) is 26.8 Å². The zero-order chi connectivity index (χ0) is 17.5. The van der Waals surface area contributed by atoms with Crippen molar-refractivity contribution >= 4 is 35.8 Å². The van der Waals surface area contributed by atoms with E-state index in [1.54, 1.807) is 11.7 Å². The lowest BCUT2D eigenvalue weighted by Gasteiger charge is -2.07. The summed E-state index contributed by atoms with van der Waals surface area (Å²) in [5, 5.41) is 20.1. The van der Waals surface area contributed by atoms with Crippen LogP contribution < -0.4 is 16.4 Å². The van der Waals surface area contributed by atoms with E-state index in [0.717, 1.165) is 35.9 Å². The second kappa shape index (κ2) is 9.88. The van der Waals surface area contributed by atoms with E-state index >= 15 is 0 Å². The van der Waals surface area contributed by atoms with Crippen LogP contribution in [0.5, 0.6) is 0 Å². The molecule has 1 aromatic heterocycles. The number of aryl methyl sites for hydroxylation is 2. The van der Waals surface area contributed by atoms with E-state index in [4.69, 9.17) is 5.73 Å². The molecule has 0 aliphatic rings. The lowest BCUT2D eigenvalue weighted by atomic mass is 10.1. The minimum absolute atomic E-state index is 0. The number of hydrogen-bond acceptors (Lipinski definition) is 4. The Balaban J connectivity index is 0.00000312. The van der Waals surface area contributed by atoms with Crippen LogP contribution in [0.1, 0.15) is 23.2 Å². The van der Waals surface area contributed by atoms with Gasteiger partial charge in [-0.1, -0.05) is 17.7 Å². The summed E-state index contributed by atoms with van der Waals surface area (Å²) < 4.78 is 1.63. The summed E-state index contributed by atoms with van der Waals surface area (Å²) in [7, 11) is 3.53. The normalized spacial score (nSPS) is 10.7. The number of hydrogen-bond donors (Lipinski definition) is 3. The standard InChI is InChI=1S/C17H23N7.HI/c1-12-6-8-13(9-7-12)24-16(19)14(11-18)15(23-24)5-4-10-22-17(20-2)21-3;/h6-9H,4-5,10,19H2,1-3H3,(H2,20,21,22);1H. The number of aliphatic imine (C=N–C) groups is 1. The van der Waals surface area contributed by atoms with Crippen LogP contribution >= 0.6 is 24.0 Å². The molecule has 0 fully saturated rings. The van der Waals surface area contributed by atoms with Gasteiger partial charge in [0.1, 0.15) is 17.5 Å². The molecule has 0 saturated carbocycles. The quantitative estimate of drug-likeness (QED) is 0.278. The number of nitrogens with two attached hydrogens (primary N) is 1. The molecule has 0 unspecified atom stereocenters. The maximum atomic E-state index is 9.40. The fourth-order valence-electron chi connectivity index (χ4n) is 2.40. The van der Waals surface area contributed by atoms with Crippen molar-refractivity contribution in [2.45, 2.75) is 19.8 Å². The van der Waals surface area contributed by atoms with Crippen LogP contribution in [-0.2, 0) is 6.42 Å². The number of nitrogens with zero attached hydrogens (tertiary/aromatic N) is 4. The molecule has 2 aromatic rings. The van der Waals surface area contributed by atoms with Gasteiger partial charge in [-0.05, 0) is 31.9 Å². The van der Waals surface area contributed by atoms with Gasteiger partial charge in [-0.3, -0.25) is 4.99 Å². The molecule has 0 spiro atoms. The number of nitriles is 1. The Bertz CT molecular complexity index is 757. The van der Waals surface area contributed by atoms with E-state index in [-0.39, 0.29) is 24.0 Å². The van der Waals surface area contributed by atoms with Crippen LogP contribution in [0.4, 0.5) is 5.82 Å². The van der Waals surface area contributed by atoms with Crippen LogP contribution in [0.2, 0.25) is 0 Å². The van der Waals surface area contributed by atoms with Gasteiger partial charge in [0.25, 0.3) is 0 Å². The van der Waals surface area contributed by atoms with E-state index in [1.807, 2.05) is 38.2 Å².